The predicted octanol–water partition coefficient (Wildman–Crippen LogP) is 3.36. The Balaban J connectivity index is 0.00000338. The minimum absolute atomic E-state index is 0. The first-order valence-corrected chi connectivity index (χ1v) is 8.99. The smallest absolute Gasteiger partial charge is 0.191 e. The van der Waals surface area contributed by atoms with Crippen LogP contribution in [0.4, 0.5) is 4.39 Å². The predicted molar refractivity (Wildman–Crippen MR) is 119 cm³/mol. The van der Waals surface area contributed by atoms with Gasteiger partial charge in [-0.05, 0) is 50.6 Å². The van der Waals surface area contributed by atoms with Crippen molar-refractivity contribution >= 4 is 40.8 Å². The molecule has 146 valence electrons. The van der Waals surface area contributed by atoms with E-state index in [0.29, 0.717) is 6.04 Å². The van der Waals surface area contributed by atoms with E-state index in [4.69, 9.17) is 0 Å². The van der Waals surface area contributed by atoms with Gasteiger partial charge in [0.25, 0.3) is 0 Å². The summed E-state index contributed by atoms with van der Waals surface area (Å²) in [6.45, 7) is 10.2. The van der Waals surface area contributed by atoms with Crippen molar-refractivity contribution in [2.75, 3.05) is 33.2 Å². The molecule has 0 saturated carbocycles. The lowest BCUT2D eigenvalue weighted by Crippen LogP contribution is -2.43. The lowest BCUT2D eigenvalue weighted by Gasteiger charge is -2.25. The third-order valence-corrected chi connectivity index (χ3v) is 4.47. The molecule has 1 aromatic carbocycles. The number of guanidine groups is 1. The van der Waals surface area contributed by atoms with Gasteiger partial charge >= 0.3 is 0 Å². The maximum absolute atomic E-state index is 13.4. The first kappa shape index (κ1) is 22.7. The summed E-state index contributed by atoms with van der Waals surface area (Å²) in [5.41, 5.74) is 2.07. The summed E-state index contributed by atoms with van der Waals surface area (Å²) in [6.07, 6.45) is 2.75. The van der Waals surface area contributed by atoms with Crippen LogP contribution in [0, 0.1) is 5.82 Å². The van der Waals surface area contributed by atoms with Gasteiger partial charge in [0.2, 0.25) is 0 Å². The average molecular weight is 475 g/mol. The van der Waals surface area contributed by atoms with Crippen molar-refractivity contribution in [3.05, 3.63) is 35.8 Å². The number of aliphatic imine (C=N–C) groups is 1. The molecule has 7 heteroatoms. The average Bonchev–Trinajstić information content (AvgIpc) is 2.99. The molecular formula is C19H31FIN5. The molecule has 0 radical (unpaired) electrons. The normalized spacial score (nSPS) is 11.9. The molecule has 0 amide bonds. The van der Waals surface area contributed by atoms with Gasteiger partial charge in [-0.2, -0.15) is 0 Å². The van der Waals surface area contributed by atoms with Crippen molar-refractivity contribution in [1.29, 1.82) is 0 Å². The Bertz CT molecular complexity index is 698. The van der Waals surface area contributed by atoms with Crippen molar-refractivity contribution in [1.82, 2.24) is 20.5 Å². The quantitative estimate of drug-likeness (QED) is 0.312. The van der Waals surface area contributed by atoms with Crippen molar-refractivity contribution < 1.29 is 4.39 Å². The highest BCUT2D eigenvalue weighted by Gasteiger charge is 2.07. The zero-order chi connectivity index (χ0) is 18.2. The van der Waals surface area contributed by atoms with Crippen LogP contribution in [0.1, 0.15) is 26.3 Å². The van der Waals surface area contributed by atoms with E-state index in [0.717, 1.165) is 55.0 Å². The molecule has 0 fully saturated rings. The summed E-state index contributed by atoms with van der Waals surface area (Å²) in [5, 5.41) is 7.61. The van der Waals surface area contributed by atoms with Crippen LogP contribution >= 0.6 is 24.0 Å². The van der Waals surface area contributed by atoms with E-state index in [1.165, 1.54) is 6.07 Å². The minimum Gasteiger partial charge on any atom is -0.361 e. The molecule has 2 rings (SSSR count). The van der Waals surface area contributed by atoms with Crippen molar-refractivity contribution in [2.45, 2.75) is 33.2 Å². The van der Waals surface area contributed by atoms with Gasteiger partial charge in [-0.3, -0.25) is 9.89 Å². The Kier molecular flexibility index (Phi) is 9.93. The second kappa shape index (κ2) is 11.4. The second-order valence-corrected chi connectivity index (χ2v) is 6.40. The molecule has 0 bridgehead atoms. The van der Waals surface area contributed by atoms with E-state index in [-0.39, 0.29) is 29.8 Å². The Morgan fingerprint density at radius 2 is 2.00 bits per heavy atom. The van der Waals surface area contributed by atoms with Gasteiger partial charge < -0.3 is 15.6 Å². The zero-order valence-corrected chi connectivity index (χ0v) is 18.4. The fourth-order valence-electron chi connectivity index (χ4n) is 2.99. The number of nitrogens with zero attached hydrogens (tertiary/aromatic N) is 2. The Morgan fingerprint density at radius 3 is 2.65 bits per heavy atom. The fraction of sp³-hybridized carbons (Fsp3) is 0.526. The van der Waals surface area contributed by atoms with E-state index in [2.05, 4.69) is 46.3 Å². The summed E-state index contributed by atoms with van der Waals surface area (Å²) in [4.78, 5) is 9.85. The third kappa shape index (κ3) is 6.42. The highest BCUT2D eigenvalue weighted by Crippen LogP contribution is 2.19. The van der Waals surface area contributed by atoms with Crippen molar-refractivity contribution in [2.24, 2.45) is 4.99 Å². The molecule has 0 saturated heterocycles. The van der Waals surface area contributed by atoms with E-state index in [1.807, 2.05) is 6.20 Å². The number of halogens is 2. The van der Waals surface area contributed by atoms with Crippen LogP contribution in [0.3, 0.4) is 0 Å². The fourth-order valence-corrected chi connectivity index (χ4v) is 2.99. The number of nitrogens with one attached hydrogen (secondary N) is 3. The zero-order valence-electron chi connectivity index (χ0n) is 16.1. The van der Waals surface area contributed by atoms with Crippen LogP contribution in [0.25, 0.3) is 10.9 Å². The van der Waals surface area contributed by atoms with Crippen LogP contribution in [0.5, 0.6) is 0 Å². The molecule has 0 aliphatic heterocycles. The number of aromatic nitrogens is 1. The standard InChI is InChI=1S/C19H30FN5.HI/c1-5-25(14(2)3)11-10-23-19(21-4)22-9-8-15-13-24-18-7-6-16(20)12-17(15)18;/h6-7,12-14,24H,5,8-11H2,1-4H3,(H2,21,22,23);1H. The van der Waals surface area contributed by atoms with Crippen LogP contribution < -0.4 is 10.6 Å². The first-order chi connectivity index (χ1) is 12.0. The molecule has 1 aromatic heterocycles. The van der Waals surface area contributed by atoms with Gasteiger partial charge in [-0.15, -0.1) is 24.0 Å². The first-order valence-electron chi connectivity index (χ1n) is 8.99. The number of benzene rings is 1. The van der Waals surface area contributed by atoms with Gasteiger partial charge in [0.05, 0.1) is 0 Å². The van der Waals surface area contributed by atoms with Gasteiger partial charge in [0.1, 0.15) is 5.82 Å². The summed E-state index contributed by atoms with van der Waals surface area (Å²) < 4.78 is 13.4. The van der Waals surface area contributed by atoms with Gasteiger partial charge in [0.15, 0.2) is 5.96 Å². The van der Waals surface area contributed by atoms with Crippen molar-refractivity contribution in [3.63, 3.8) is 0 Å². The number of aromatic amines is 1. The SMILES string of the molecule is CCN(CCNC(=NC)NCCc1c[nH]c2ccc(F)cc12)C(C)C.I. The molecule has 26 heavy (non-hydrogen) atoms. The molecule has 0 unspecified atom stereocenters. The number of hydrogen-bond acceptors (Lipinski definition) is 2. The number of H-pyrrole nitrogens is 1. The Morgan fingerprint density at radius 1 is 1.27 bits per heavy atom. The Hall–Kier alpha value is -1.35. The molecule has 5 nitrogen and oxygen atoms in total. The van der Waals surface area contributed by atoms with Crippen LogP contribution in [-0.2, 0) is 6.42 Å². The maximum atomic E-state index is 13.4. The van der Waals surface area contributed by atoms with E-state index in [9.17, 15) is 4.39 Å². The Labute approximate surface area is 172 Å². The van der Waals surface area contributed by atoms with Gasteiger partial charge in [0, 0.05) is 49.8 Å². The van der Waals surface area contributed by atoms with Crippen LogP contribution in [-0.4, -0.2) is 55.1 Å². The second-order valence-electron chi connectivity index (χ2n) is 6.40. The summed E-state index contributed by atoms with van der Waals surface area (Å²) in [6, 6.07) is 5.38. The monoisotopic (exact) mass is 475 g/mol. The molecule has 3 N–H and O–H groups in total. The van der Waals surface area contributed by atoms with E-state index < -0.39 is 0 Å². The summed E-state index contributed by atoms with van der Waals surface area (Å²) in [5.74, 6) is 0.593. The van der Waals surface area contributed by atoms with Gasteiger partial charge in [-0.1, -0.05) is 6.92 Å². The lowest BCUT2D eigenvalue weighted by atomic mass is 10.1. The summed E-state index contributed by atoms with van der Waals surface area (Å²) >= 11 is 0. The lowest BCUT2D eigenvalue weighted by molar-refractivity contribution is 0.237. The molecule has 2 aromatic rings. The third-order valence-electron chi connectivity index (χ3n) is 4.47. The molecule has 0 aliphatic carbocycles. The number of hydrogen-bond donors (Lipinski definition) is 3. The highest BCUT2D eigenvalue weighted by atomic mass is 127. The molecule has 1 heterocycles. The van der Waals surface area contributed by atoms with Crippen LogP contribution in [0.2, 0.25) is 0 Å². The minimum atomic E-state index is -0.204. The van der Waals surface area contributed by atoms with E-state index in [1.54, 1.807) is 19.2 Å². The van der Waals surface area contributed by atoms with Crippen LogP contribution in [0.15, 0.2) is 29.4 Å². The number of likely N-dealkylation sites (N-methyl/N-ethyl adjacent to an activating group) is 1. The van der Waals surface area contributed by atoms with Crippen molar-refractivity contribution in [3.8, 4) is 0 Å². The largest absolute Gasteiger partial charge is 0.361 e. The molecule has 0 spiro atoms. The molecule has 0 aliphatic rings. The summed E-state index contributed by atoms with van der Waals surface area (Å²) in [7, 11) is 1.77. The molecule has 0 atom stereocenters. The highest BCUT2D eigenvalue weighted by molar-refractivity contribution is 14.0. The molecular weight excluding hydrogens is 444 g/mol. The number of fused-ring (bicyclic) bond motifs is 1. The number of rotatable bonds is 8. The van der Waals surface area contributed by atoms with Gasteiger partial charge in [-0.25, -0.2) is 4.39 Å². The topological polar surface area (TPSA) is 55.4 Å². The maximum Gasteiger partial charge on any atom is 0.191 e. The van der Waals surface area contributed by atoms with E-state index >= 15 is 0 Å².